The number of hydrogen-bond donors (Lipinski definition) is 2. The molecule has 15 heteroatoms. The maximum Gasteiger partial charge on any atom is 0.319 e. The number of anilines is 2. The molecule has 0 radical (unpaired) electrons. The van der Waals surface area contributed by atoms with Crippen molar-refractivity contribution in [2.75, 3.05) is 43.4 Å². The zero-order chi connectivity index (χ0) is 34.2. The van der Waals surface area contributed by atoms with Crippen LogP contribution >= 0.6 is 22.9 Å². The van der Waals surface area contributed by atoms with Crippen molar-refractivity contribution in [1.82, 2.24) is 20.2 Å². The molecule has 2 bridgehead atoms. The number of ether oxygens (including phenoxy) is 1. The highest BCUT2D eigenvalue weighted by Crippen LogP contribution is 2.47. The molecule has 0 aliphatic carbocycles. The lowest BCUT2D eigenvalue weighted by atomic mass is 9.95. The quantitative estimate of drug-likeness (QED) is 0.146. The summed E-state index contributed by atoms with van der Waals surface area (Å²) in [7, 11) is 0. The van der Waals surface area contributed by atoms with Gasteiger partial charge in [0.2, 0.25) is 0 Å². The van der Waals surface area contributed by atoms with E-state index in [9.17, 15) is 13.2 Å². The van der Waals surface area contributed by atoms with Crippen LogP contribution in [0.2, 0.25) is 5.02 Å². The molecular weight excluding hydrogens is 685 g/mol. The van der Waals surface area contributed by atoms with Gasteiger partial charge in [-0.3, -0.25) is 9.89 Å². The van der Waals surface area contributed by atoms with E-state index >= 15 is 8.78 Å². The van der Waals surface area contributed by atoms with Crippen LogP contribution in [0, 0.1) is 11.6 Å². The number of aliphatic imine (C=N–C) groups is 1. The van der Waals surface area contributed by atoms with Crippen LogP contribution in [0.4, 0.5) is 32.8 Å². The molecule has 0 unspecified atom stereocenters. The van der Waals surface area contributed by atoms with E-state index in [1.807, 2.05) is 4.90 Å². The molecule has 4 fully saturated rings. The van der Waals surface area contributed by atoms with Gasteiger partial charge in [-0.25, -0.2) is 13.2 Å². The normalized spacial score (nSPS) is 26.5. The number of piperazine rings is 1. The summed E-state index contributed by atoms with van der Waals surface area (Å²) in [5.41, 5.74) is 5.42. The van der Waals surface area contributed by atoms with Crippen LogP contribution in [0.1, 0.15) is 37.7 Å². The zero-order valence-electron chi connectivity index (χ0n) is 26.3. The smallest absolute Gasteiger partial charge is 0.319 e. The number of nitrogens with zero attached hydrogens (tertiary/aromatic N) is 5. The minimum absolute atomic E-state index is 0.0154. The molecule has 8 nitrogen and oxygen atoms in total. The standard InChI is InChI=1S/C34H33ClF5N7OS/c1-42-12-21-25-19(3-4-23(37)29(25)49-30(21)41)26-22(35)9-20-28(27(26)40)43-32(48-16-34-6-2-8-47(34)13-17(36)10-34)44-31(20)46-14-18-5-7-33(15-46,45-18)11-24(38)39/h3-4,9,11,17-18,45H,1-2,5-8,10,12-16,41H2/t17-,18-,33-,34+/m1/s1. The van der Waals surface area contributed by atoms with E-state index in [0.717, 1.165) is 36.8 Å². The van der Waals surface area contributed by atoms with Gasteiger partial charge in [0, 0.05) is 60.1 Å². The maximum atomic E-state index is 17.1. The summed E-state index contributed by atoms with van der Waals surface area (Å²) >= 11 is 7.92. The van der Waals surface area contributed by atoms with Crippen molar-refractivity contribution < 1.29 is 26.7 Å². The van der Waals surface area contributed by atoms with Gasteiger partial charge in [-0.05, 0) is 56.6 Å². The van der Waals surface area contributed by atoms with Crippen LogP contribution in [0.5, 0.6) is 6.01 Å². The van der Waals surface area contributed by atoms with Gasteiger partial charge in [-0.2, -0.15) is 18.7 Å². The Balaban J connectivity index is 1.30. The Hall–Kier alpha value is -3.59. The number of halogens is 6. The molecule has 0 amide bonds. The summed E-state index contributed by atoms with van der Waals surface area (Å²) in [5, 5.41) is 4.30. The molecule has 4 aliphatic rings. The fourth-order valence-electron chi connectivity index (χ4n) is 8.53. The molecule has 258 valence electrons. The van der Waals surface area contributed by atoms with Crippen molar-refractivity contribution in [3.63, 3.8) is 0 Å². The molecule has 4 atom stereocenters. The first-order valence-corrected chi connectivity index (χ1v) is 17.4. The topological polar surface area (TPSA) is 91.9 Å². The minimum atomic E-state index is -1.79. The molecule has 6 heterocycles. The van der Waals surface area contributed by atoms with E-state index in [1.54, 1.807) is 6.07 Å². The fraction of sp³-hybridized carbons (Fsp3) is 0.441. The fourth-order valence-corrected chi connectivity index (χ4v) is 9.84. The van der Waals surface area contributed by atoms with Crippen LogP contribution < -0.4 is 20.7 Å². The van der Waals surface area contributed by atoms with E-state index in [-0.39, 0.29) is 63.8 Å². The van der Waals surface area contributed by atoms with Crippen molar-refractivity contribution in [3.05, 3.63) is 52.6 Å². The van der Waals surface area contributed by atoms with E-state index in [4.69, 9.17) is 27.1 Å². The van der Waals surface area contributed by atoms with Gasteiger partial charge in [0.05, 0.1) is 32.3 Å². The average molecular weight is 718 g/mol. The Morgan fingerprint density at radius 1 is 1.24 bits per heavy atom. The summed E-state index contributed by atoms with van der Waals surface area (Å²) in [6.45, 7) is 5.38. The summed E-state index contributed by atoms with van der Waals surface area (Å²) < 4.78 is 80.5. The van der Waals surface area contributed by atoms with Crippen molar-refractivity contribution in [3.8, 4) is 17.1 Å². The second-order valence-electron chi connectivity index (χ2n) is 13.6. The molecule has 4 aliphatic heterocycles. The maximum absolute atomic E-state index is 17.1. The van der Waals surface area contributed by atoms with Crippen LogP contribution in [0.25, 0.3) is 32.1 Å². The molecule has 2 aromatic carbocycles. The van der Waals surface area contributed by atoms with Crippen LogP contribution in [0.3, 0.4) is 0 Å². The van der Waals surface area contributed by atoms with E-state index < -0.39 is 35.0 Å². The second-order valence-corrected chi connectivity index (χ2v) is 15.1. The average Bonchev–Trinajstić information content (AvgIpc) is 3.76. The van der Waals surface area contributed by atoms with Gasteiger partial charge < -0.3 is 20.7 Å². The van der Waals surface area contributed by atoms with E-state index in [1.165, 1.54) is 12.1 Å². The third-order valence-corrected chi connectivity index (χ3v) is 11.9. The number of thiophene rings is 1. The van der Waals surface area contributed by atoms with E-state index in [2.05, 4.69) is 26.9 Å². The molecular formula is C34H33ClF5N7OS. The lowest BCUT2D eigenvalue weighted by Crippen LogP contribution is -2.59. The van der Waals surface area contributed by atoms with Gasteiger partial charge >= 0.3 is 6.01 Å². The summed E-state index contributed by atoms with van der Waals surface area (Å²) in [6.07, 6.45) is 1.30. The number of benzene rings is 2. The number of nitrogen functional groups attached to an aromatic ring is 1. The largest absolute Gasteiger partial charge is 0.461 e. The number of nitrogens with one attached hydrogen (secondary N) is 1. The number of hydrogen-bond acceptors (Lipinski definition) is 9. The number of fused-ring (bicyclic) bond motifs is 5. The first kappa shape index (κ1) is 32.6. The Labute approximate surface area is 287 Å². The van der Waals surface area contributed by atoms with Gasteiger partial charge in [0.25, 0.3) is 6.08 Å². The van der Waals surface area contributed by atoms with Crippen molar-refractivity contribution in [1.29, 1.82) is 0 Å². The Morgan fingerprint density at radius 2 is 2.08 bits per heavy atom. The molecule has 0 spiro atoms. The molecule has 4 aromatic rings. The lowest BCUT2D eigenvalue weighted by Gasteiger charge is -2.40. The van der Waals surface area contributed by atoms with Crippen LogP contribution in [0.15, 0.2) is 35.3 Å². The van der Waals surface area contributed by atoms with E-state index in [0.29, 0.717) is 53.9 Å². The third kappa shape index (κ3) is 5.42. The number of aromatic nitrogens is 2. The number of nitrogens with two attached hydrogens (primary N) is 1. The van der Waals surface area contributed by atoms with Crippen LogP contribution in [-0.4, -0.2) is 77.7 Å². The van der Waals surface area contributed by atoms with Crippen LogP contribution in [-0.2, 0) is 6.54 Å². The van der Waals surface area contributed by atoms with Gasteiger partial charge in [0.15, 0.2) is 5.82 Å². The number of alkyl halides is 1. The Morgan fingerprint density at radius 3 is 2.88 bits per heavy atom. The predicted octanol–water partition coefficient (Wildman–Crippen LogP) is 7.27. The molecule has 49 heavy (non-hydrogen) atoms. The molecule has 4 saturated heterocycles. The molecule has 0 saturated carbocycles. The molecule has 8 rings (SSSR count). The van der Waals surface area contributed by atoms with Crippen molar-refractivity contribution >= 4 is 61.5 Å². The molecule has 2 aromatic heterocycles. The highest BCUT2D eigenvalue weighted by atomic mass is 35.5. The predicted molar refractivity (Wildman–Crippen MR) is 183 cm³/mol. The van der Waals surface area contributed by atoms with Crippen molar-refractivity contribution in [2.24, 2.45) is 4.99 Å². The monoisotopic (exact) mass is 717 g/mol. The van der Waals surface area contributed by atoms with Gasteiger partial charge in [-0.1, -0.05) is 17.7 Å². The lowest BCUT2D eigenvalue weighted by molar-refractivity contribution is 0.107. The molecule has 3 N–H and O–H groups in total. The second kappa shape index (κ2) is 12.0. The summed E-state index contributed by atoms with van der Waals surface area (Å²) in [6, 6.07) is 4.00. The first-order chi connectivity index (χ1) is 23.5. The third-order valence-electron chi connectivity index (χ3n) is 10.6. The van der Waals surface area contributed by atoms with Gasteiger partial charge in [-0.15, -0.1) is 11.3 Å². The zero-order valence-corrected chi connectivity index (χ0v) is 27.9. The summed E-state index contributed by atoms with van der Waals surface area (Å²) in [5.74, 6) is -1.03. The SMILES string of the molecule is C=NCc1c(N)sc2c(F)ccc(-c3c(Cl)cc4c(N5C[C@H]6CC[C@@](C=C(F)F)(C5)N6)nc(OC[C@@]56CCCN5C[C@H](F)C6)nc4c3F)c12. The van der Waals surface area contributed by atoms with Crippen molar-refractivity contribution in [2.45, 2.75) is 61.9 Å². The Kier molecular flexibility index (Phi) is 8.00. The first-order valence-electron chi connectivity index (χ1n) is 16.2. The Bertz CT molecular complexity index is 2040. The number of rotatable bonds is 8. The highest BCUT2D eigenvalue weighted by molar-refractivity contribution is 7.23. The summed E-state index contributed by atoms with van der Waals surface area (Å²) in [4.78, 5) is 17.2. The van der Waals surface area contributed by atoms with Gasteiger partial charge in [0.1, 0.15) is 29.9 Å². The minimum Gasteiger partial charge on any atom is -0.461 e. The highest BCUT2D eigenvalue weighted by Gasteiger charge is 2.50.